The summed E-state index contributed by atoms with van der Waals surface area (Å²) in [6.07, 6.45) is 2.14. The van der Waals surface area contributed by atoms with Gasteiger partial charge in [-0.25, -0.2) is 4.98 Å². The van der Waals surface area contributed by atoms with E-state index < -0.39 is 0 Å². The average molecular weight is 253 g/mol. The molecule has 0 radical (unpaired) electrons. The Balaban J connectivity index is 2.17. The second-order valence-electron chi connectivity index (χ2n) is 4.24. The molecule has 17 heavy (non-hydrogen) atoms. The summed E-state index contributed by atoms with van der Waals surface area (Å²) in [7, 11) is 0. The van der Waals surface area contributed by atoms with Gasteiger partial charge in [0.05, 0.1) is 23.8 Å². The number of rotatable bonds is 3. The van der Waals surface area contributed by atoms with E-state index in [2.05, 4.69) is 22.9 Å². The van der Waals surface area contributed by atoms with Crippen molar-refractivity contribution in [2.75, 3.05) is 37.7 Å². The van der Waals surface area contributed by atoms with Crippen LogP contribution in [0.5, 0.6) is 0 Å². The maximum Gasteiger partial charge on any atom is 0.186 e. The Morgan fingerprint density at radius 2 is 2.24 bits per heavy atom. The van der Waals surface area contributed by atoms with Crippen LogP contribution in [0.15, 0.2) is 5.57 Å². The quantitative estimate of drug-likeness (QED) is 0.890. The minimum absolute atomic E-state index is 0.601. The lowest BCUT2D eigenvalue weighted by Gasteiger charge is -2.25. The zero-order valence-corrected chi connectivity index (χ0v) is 11.2. The molecule has 1 aromatic rings. The first-order valence-electron chi connectivity index (χ1n) is 5.88. The van der Waals surface area contributed by atoms with Gasteiger partial charge < -0.3 is 15.4 Å². The maximum absolute atomic E-state index is 5.61. The third-order valence-electron chi connectivity index (χ3n) is 2.80. The number of hydrogen-bond acceptors (Lipinski definition) is 5. The highest BCUT2D eigenvalue weighted by Crippen LogP contribution is 2.28. The largest absolute Gasteiger partial charge is 0.378 e. The first-order chi connectivity index (χ1) is 8.20. The van der Waals surface area contributed by atoms with Crippen LogP contribution >= 0.6 is 11.3 Å². The zero-order chi connectivity index (χ0) is 12.3. The van der Waals surface area contributed by atoms with Crippen LogP contribution in [0.25, 0.3) is 6.08 Å². The van der Waals surface area contributed by atoms with Crippen molar-refractivity contribution >= 4 is 22.5 Å². The molecule has 1 saturated heterocycles. The minimum atomic E-state index is 0.601. The molecule has 0 bridgehead atoms. The molecule has 0 spiro atoms. The van der Waals surface area contributed by atoms with Crippen LogP contribution in [0.1, 0.15) is 17.5 Å². The highest BCUT2D eigenvalue weighted by atomic mass is 32.1. The van der Waals surface area contributed by atoms with E-state index in [4.69, 9.17) is 10.5 Å². The van der Waals surface area contributed by atoms with Crippen molar-refractivity contribution in [1.29, 1.82) is 0 Å². The molecule has 2 rings (SSSR count). The van der Waals surface area contributed by atoms with Crippen LogP contribution in [0.2, 0.25) is 0 Å². The number of aromatic nitrogens is 1. The molecule has 5 heteroatoms. The van der Waals surface area contributed by atoms with Crippen molar-refractivity contribution < 1.29 is 4.74 Å². The van der Waals surface area contributed by atoms with Gasteiger partial charge in [0.1, 0.15) is 0 Å². The maximum atomic E-state index is 5.61. The number of nitrogens with two attached hydrogens (primary N) is 1. The first-order valence-corrected chi connectivity index (χ1v) is 6.69. The van der Waals surface area contributed by atoms with Crippen LogP contribution in [0.3, 0.4) is 0 Å². The van der Waals surface area contributed by atoms with Gasteiger partial charge in [0.15, 0.2) is 5.13 Å². The Bertz CT molecular complexity index is 408. The molecule has 0 unspecified atom stereocenters. The highest BCUT2D eigenvalue weighted by Gasteiger charge is 2.15. The molecule has 2 N–H and O–H groups in total. The summed E-state index contributed by atoms with van der Waals surface area (Å²) < 4.78 is 5.35. The van der Waals surface area contributed by atoms with Gasteiger partial charge in [-0.15, -0.1) is 0 Å². The molecule has 0 aromatic carbocycles. The fraction of sp³-hybridized carbons (Fsp3) is 0.583. The Hall–Kier alpha value is -0.910. The van der Waals surface area contributed by atoms with Crippen LogP contribution in [0.4, 0.5) is 5.13 Å². The summed E-state index contributed by atoms with van der Waals surface area (Å²) in [5.74, 6) is 0. The summed E-state index contributed by atoms with van der Waals surface area (Å²) in [5, 5.41) is 1.10. The second kappa shape index (κ2) is 5.62. The number of aryl methyl sites for hydroxylation is 1. The Morgan fingerprint density at radius 1 is 1.53 bits per heavy atom. The second-order valence-corrected chi connectivity index (χ2v) is 5.25. The van der Waals surface area contributed by atoms with Crippen molar-refractivity contribution in [2.45, 2.75) is 13.8 Å². The SMILES string of the molecule is CC(=Cc1sc(N2CCOCC2)nc1C)CN. The lowest BCUT2D eigenvalue weighted by atomic mass is 10.2. The number of hydrogen-bond donors (Lipinski definition) is 1. The van der Waals surface area contributed by atoms with E-state index >= 15 is 0 Å². The predicted molar refractivity (Wildman–Crippen MR) is 72.6 cm³/mol. The standard InChI is InChI=1S/C12H19N3OS/c1-9(8-13)7-11-10(2)14-12(17-11)15-3-5-16-6-4-15/h7H,3-6,8,13H2,1-2H3. The molecular weight excluding hydrogens is 234 g/mol. The van der Waals surface area contributed by atoms with Crippen LogP contribution in [-0.4, -0.2) is 37.8 Å². The van der Waals surface area contributed by atoms with E-state index in [1.165, 1.54) is 10.5 Å². The van der Waals surface area contributed by atoms with Crippen LogP contribution in [0, 0.1) is 6.92 Å². The molecule has 0 amide bonds. The summed E-state index contributed by atoms with van der Waals surface area (Å²) in [6, 6.07) is 0. The lowest BCUT2D eigenvalue weighted by Crippen LogP contribution is -2.36. The van der Waals surface area contributed by atoms with Gasteiger partial charge in [-0.1, -0.05) is 16.9 Å². The van der Waals surface area contributed by atoms with Gasteiger partial charge in [0.25, 0.3) is 0 Å². The molecule has 1 aliphatic rings. The number of morpholine rings is 1. The first kappa shape index (κ1) is 12.5. The monoisotopic (exact) mass is 253 g/mol. The van der Waals surface area contributed by atoms with Gasteiger partial charge in [-0.3, -0.25) is 0 Å². The fourth-order valence-corrected chi connectivity index (χ4v) is 2.84. The molecule has 1 fully saturated rings. The Labute approximate surface area is 106 Å². The summed E-state index contributed by atoms with van der Waals surface area (Å²) >= 11 is 1.74. The van der Waals surface area contributed by atoms with Gasteiger partial charge in [0.2, 0.25) is 0 Å². The molecule has 2 heterocycles. The van der Waals surface area contributed by atoms with E-state index in [9.17, 15) is 0 Å². The number of anilines is 1. The van der Waals surface area contributed by atoms with Crippen LogP contribution < -0.4 is 10.6 Å². The predicted octanol–water partition coefficient (Wildman–Crippen LogP) is 1.65. The summed E-state index contributed by atoms with van der Waals surface area (Å²) in [6.45, 7) is 8.17. The minimum Gasteiger partial charge on any atom is -0.378 e. The fourth-order valence-electron chi connectivity index (χ4n) is 1.70. The Morgan fingerprint density at radius 3 is 2.88 bits per heavy atom. The van der Waals surface area contributed by atoms with Gasteiger partial charge in [-0.05, 0) is 19.9 Å². The zero-order valence-electron chi connectivity index (χ0n) is 10.4. The van der Waals surface area contributed by atoms with E-state index in [0.29, 0.717) is 6.54 Å². The van der Waals surface area contributed by atoms with Gasteiger partial charge >= 0.3 is 0 Å². The lowest BCUT2D eigenvalue weighted by molar-refractivity contribution is 0.122. The molecule has 0 aliphatic carbocycles. The van der Waals surface area contributed by atoms with Crippen molar-refractivity contribution in [3.63, 3.8) is 0 Å². The summed E-state index contributed by atoms with van der Waals surface area (Å²) in [4.78, 5) is 8.13. The van der Waals surface area contributed by atoms with E-state index in [-0.39, 0.29) is 0 Å². The third kappa shape index (κ3) is 3.06. The molecule has 4 nitrogen and oxygen atoms in total. The van der Waals surface area contributed by atoms with Crippen molar-refractivity contribution in [2.24, 2.45) is 5.73 Å². The van der Waals surface area contributed by atoms with E-state index in [1.807, 2.05) is 6.92 Å². The summed E-state index contributed by atoms with van der Waals surface area (Å²) in [5.41, 5.74) is 7.88. The molecular formula is C12H19N3OS. The van der Waals surface area contributed by atoms with Gasteiger partial charge in [-0.2, -0.15) is 0 Å². The molecule has 1 aliphatic heterocycles. The number of ether oxygens (including phenoxy) is 1. The number of nitrogens with zero attached hydrogens (tertiary/aromatic N) is 2. The van der Waals surface area contributed by atoms with Crippen LogP contribution in [-0.2, 0) is 4.74 Å². The Kier molecular flexibility index (Phi) is 4.15. The normalized spacial score (nSPS) is 17.6. The van der Waals surface area contributed by atoms with Crippen molar-refractivity contribution in [3.8, 4) is 0 Å². The molecule has 0 saturated carbocycles. The van der Waals surface area contributed by atoms with E-state index in [1.54, 1.807) is 11.3 Å². The number of thiazole rings is 1. The average Bonchev–Trinajstić information content (AvgIpc) is 2.72. The molecule has 94 valence electrons. The highest BCUT2D eigenvalue weighted by molar-refractivity contribution is 7.16. The van der Waals surface area contributed by atoms with Gasteiger partial charge in [0, 0.05) is 19.6 Å². The van der Waals surface area contributed by atoms with E-state index in [0.717, 1.165) is 37.1 Å². The molecule has 0 atom stereocenters. The van der Waals surface area contributed by atoms with Crippen molar-refractivity contribution in [3.05, 3.63) is 16.1 Å². The third-order valence-corrected chi connectivity index (χ3v) is 3.97. The smallest absolute Gasteiger partial charge is 0.186 e. The van der Waals surface area contributed by atoms with Crippen molar-refractivity contribution in [1.82, 2.24) is 4.98 Å². The molecule has 1 aromatic heterocycles. The topological polar surface area (TPSA) is 51.4 Å².